The summed E-state index contributed by atoms with van der Waals surface area (Å²) in [6.07, 6.45) is 5.87. The Morgan fingerprint density at radius 1 is 1.25 bits per heavy atom. The molecule has 2 aliphatic heterocycles. The van der Waals surface area contributed by atoms with Crippen molar-refractivity contribution >= 4 is 5.97 Å². The summed E-state index contributed by atoms with van der Waals surface area (Å²) in [5.74, 6) is -0.663. The van der Waals surface area contributed by atoms with Gasteiger partial charge in [0, 0.05) is 25.3 Å². The molecule has 0 radical (unpaired) electrons. The molecule has 2 rings (SSSR count). The smallest absolute Gasteiger partial charge is 0.304 e. The Hall–Kier alpha value is -0.610. The Kier molecular flexibility index (Phi) is 4.18. The highest BCUT2D eigenvalue weighted by Gasteiger charge is 2.30. The molecule has 0 amide bonds. The van der Waals surface area contributed by atoms with Crippen LogP contribution in [0.15, 0.2) is 0 Å². The molecule has 1 N–H and O–H groups in total. The highest BCUT2D eigenvalue weighted by Crippen LogP contribution is 2.26. The van der Waals surface area contributed by atoms with Crippen molar-refractivity contribution in [2.75, 3.05) is 19.8 Å². The molecule has 2 aliphatic rings. The van der Waals surface area contributed by atoms with Crippen LogP contribution < -0.4 is 0 Å². The van der Waals surface area contributed by atoms with Gasteiger partial charge < -0.3 is 9.84 Å². The van der Waals surface area contributed by atoms with Gasteiger partial charge in [-0.05, 0) is 32.2 Å². The summed E-state index contributed by atoms with van der Waals surface area (Å²) < 4.78 is 5.36. The zero-order valence-electron chi connectivity index (χ0n) is 9.73. The Labute approximate surface area is 96.6 Å². The topological polar surface area (TPSA) is 49.8 Å². The van der Waals surface area contributed by atoms with Gasteiger partial charge in [0.2, 0.25) is 0 Å². The lowest BCUT2D eigenvalue weighted by atomic mass is 9.94. The molecule has 0 saturated carbocycles. The maximum Gasteiger partial charge on any atom is 0.304 e. The summed E-state index contributed by atoms with van der Waals surface area (Å²) in [6, 6.07) is 0.813. The summed E-state index contributed by atoms with van der Waals surface area (Å²) in [5.41, 5.74) is 0. The van der Waals surface area contributed by atoms with E-state index in [4.69, 9.17) is 9.84 Å². The monoisotopic (exact) mass is 227 g/mol. The summed E-state index contributed by atoms with van der Waals surface area (Å²) >= 11 is 0. The third-order valence-electron chi connectivity index (χ3n) is 3.74. The van der Waals surface area contributed by atoms with Gasteiger partial charge in [-0.2, -0.15) is 0 Å². The number of carboxylic acids is 1. The number of carbonyl (C=O) groups is 1. The molecule has 0 bridgehead atoms. The molecule has 92 valence electrons. The second kappa shape index (κ2) is 5.64. The van der Waals surface area contributed by atoms with E-state index in [1.165, 1.54) is 12.8 Å². The number of rotatable bonds is 3. The van der Waals surface area contributed by atoms with E-state index in [1.807, 2.05) is 0 Å². The van der Waals surface area contributed by atoms with Gasteiger partial charge in [0.25, 0.3) is 0 Å². The number of aliphatic carboxylic acids is 1. The molecule has 2 heterocycles. The highest BCUT2D eigenvalue weighted by atomic mass is 16.5. The number of hydrogen-bond donors (Lipinski definition) is 1. The Balaban J connectivity index is 1.94. The van der Waals surface area contributed by atoms with Crippen LogP contribution in [0.3, 0.4) is 0 Å². The van der Waals surface area contributed by atoms with Crippen LogP contribution in [0.4, 0.5) is 0 Å². The molecule has 4 heteroatoms. The SMILES string of the molecule is O=C(O)CC1CCCCN1C1CCOCC1. The summed E-state index contributed by atoms with van der Waals surface area (Å²) in [6.45, 7) is 2.74. The van der Waals surface area contributed by atoms with Crippen molar-refractivity contribution in [3.63, 3.8) is 0 Å². The number of piperidine rings is 1. The first-order valence-corrected chi connectivity index (χ1v) is 6.32. The van der Waals surface area contributed by atoms with Crippen molar-refractivity contribution in [1.29, 1.82) is 0 Å². The molecule has 0 aromatic carbocycles. The molecule has 0 aliphatic carbocycles. The number of carboxylic acid groups (broad SMARTS) is 1. The van der Waals surface area contributed by atoms with Crippen molar-refractivity contribution in [3.8, 4) is 0 Å². The number of hydrogen-bond acceptors (Lipinski definition) is 3. The summed E-state index contributed by atoms with van der Waals surface area (Å²) in [7, 11) is 0. The average molecular weight is 227 g/mol. The van der Waals surface area contributed by atoms with Gasteiger partial charge in [-0.3, -0.25) is 9.69 Å². The minimum Gasteiger partial charge on any atom is -0.481 e. The zero-order chi connectivity index (χ0) is 11.4. The van der Waals surface area contributed by atoms with Gasteiger partial charge in [-0.15, -0.1) is 0 Å². The molecule has 1 atom stereocenters. The van der Waals surface area contributed by atoms with Crippen LogP contribution in [-0.4, -0.2) is 47.8 Å². The van der Waals surface area contributed by atoms with E-state index < -0.39 is 5.97 Å². The van der Waals surface area contributed by atoms with E-state index in [-0.39, 0.29) is 6.04 Å². The van der Waals surface area contributed by atoms with Crippen LogP contribution >= 0.6 is 0 Å². The minimum atomic E-state index is -0.663. The van der Waals surface area contributed by atoms with Crippen LogP contribution in [0.2, 0.25) is 0 Å². The number of likely N-dealkylation sites (tertiary alicyclic amines) is 1. The molecule has 2 fully saturated rings. The molecular weight excluding hydrogens is 206 g/mol. The Bertz CT molecular complexity index is 238. The summed E-state index contributed by atoms with van der Waals surface area (Å²) in [5, 5.41) is 8.93. The zero-order valence-corrected chi connectivity index (χ0v) is 9.73. The van der Waals surface area contributed by atoms with Gasteiger partial charge in [0.15, 0.2) is 0 Å². The van der Waals surface area contributed by atoms with Crippen molar-refractivity contribution in [2.24, 2.45) is 0 Å². The Morgan fingerprint density at radius 2 is 2.00 bits per heavy atom. The predicted octanol–water partition coefficient (Wildman–Crippen LogP) is 1.49. The van der Waals surface area contributed by atoms with Crippen molar-refractivity contribution < 1.29 is 14.6 Å². The van der Waals surface area contributed by atoms with Crippen molar-refractivity contribution in [3.05, 3.63) is 0 Å². The maximum absolute atomic E-state index is 10.8. The van der Waals surface area contributed by atoms with Crippen LogP contribution in [-0.2, 0) is 9.53 Å². The first-order chi connectivity index (χ1) is 7.77. The van der Waals surface area contributed by atoms with E-state index in [1.54, 1.807) is 0 Å². The third kappa shape index (κ3) is 2.95. The van der Waals surface area contributed by atoms with Gasteiger partial charge in [-0.1, -0.05) is 6.42 Å². The Morgan fingerprint density at radius 3 is 2.69 bits per heavy atom. The first kappa shape index (κ1) is 11.9. The quantitative estimate of drug-likeness (QED) is 0.793. The van der Waals surface area contributed by atoms with Crippen LogP contribution in [0.25, 0.3) is 0 Å². The van der Waals surface area contributed by atoms with Crippen molar-refractivity contribution in [1.82, 2.24) is 4.90 Å². The normalized spacial score (nSPS) is 29.1. The molecule has 0 spiro atoms. The van der Waals surface area contributed by atoms with E-state index in [2.05, 4.69) is 4.90 Å². The van der Waals surface area contributed by atoms with Crippen LogP contribution in [0.5, 0.6) is 0 Å². The van der Waals surface area contributed by atoms with Gasteiger partial charge in [0.1, 0.15) is 0 Å². The number of ether oxygens (including phenoxy) is 1. The lowest BCUT2D eigenvalue weighted by molar-refractivity contribution is -0.139. The lowest BCUT2D eigenvalue weighted by Gasteiger charge is -2.42. The van der Waals surface area contributed by atoms with E-state index in [0.29, 0.717) is 12.5 Å². The fourth-order valence-corrected chi connectivity index (χ4v) is 2.94. The predicted molar refractivity (Wildman–Crippen MR) is 60.4 cm³/mol. The average Bonchev–Trinajstić information content (AvgIpc) is 2.30. The van der Waals surface area contributed by atoms with Gasteiger partial charge >= 0.3 is 5.97 Å². The molecular formula is C12H21NO3. The fraction of sp³-hybridized carbons (Fsp3) is 0.917. The second-order valence-electron chi connectivity index (χ2n) is 4.83. The van der Waals surface area contributed by atoms with E-state index in [0.717, 1.165) is 39.0 Å². The molecule has 4 nitrogen and oxygen atoms in total. The molecule has 16 heavy (non-hydrogen) atoms. The fourth-order valence-electron chi connectivity index (χ4n) is 2.94. The molecule has 1 unspecified atom stereocenters. The third-order valence-corrected chi connectivity index (χ3v) is 3.74. The van der Waals surface area contributed by atoms with Gasteiger partial charge in [-0.25, -0.2) is 0 Å². The van der Waals surface area contributed by atoms with E-state index >= 15 is 0 Å². The minimum absolute atomic E-state index is 0.259. The van der Waals surface area contributed by atoms with Gasteiger partial charge in [0.05, 0.1) is 6.42 Å². The standard InChI is InChI=1S/C12H21NO3/c14-12(15)9-11-3-1-2-6-13(11)10-4-7-16-8-5-10/h10-11H,1-9H2,(H,14,15). The highest BCUT2D eigenvalue weighted by molar-refractivity contribution is 5.67. The van der Waals surface area contributed by atoms with Crippen LogP contribution in [0.1, 0.15) is 38.5 Å². The summed E-state index contributed by atoms with van der Waals surface area (Å²) in [4.78, 5) is 13.3. The van der Waals surface area contributed by atoms with Crippen molar-refractivity contribution in [2.45, 2.75) is 50.6 Å². The van der Waals surface area contributed by atoms with E-state index in [9.17, 15) is 4.79 Å². The number of nitrogens with zero attached hydrogens (tertiary/aromatic N) is 1. The largest absolute Gasteiger partial charge is 0.481 e. The second-order valence-corrected chi connectivity index (χ2v) is 4.83. The molecule has 2 saturated heterocycles. The molecule has 0 aromatic heterocycles. The maximum atomic E-state index is 10.8. The lowest BCUT2D eigenvalue weighted by Crippen LogP contribution is -2.49. The molecule has 0 aromatic rings. The van der Waals surface area contributed by atoms with Crippen LogP contribution in [0, 0.1) is 0 Å². The first-order valence-electron chi connectivity index (χ1n) is 6.32.